The fourth-order valence-electron chi connectivity index (χ4n) is 1.93. The van der Waals surface area contributed by atoms with Crippen LogP contribution in [-0.2, 0) is 4.79 Å². The maximum absolute atomic E-state index is 11.8. The molecule has 0 heterocycles. The number of rotatable bonds is 5. The molecule has 0 atom stereocenters. The average Bonchev–Trinajstić information content (AvgIpc) is 2.48. The topological polar surface area (TPSA) is 38.3 Å². The molecule has 2 rings (SSSR count). The van der Waals surface area contributed by atoms with Gasteiger partial charge in [-0.3, -0.25) is 4.79 Å². The first-order valence-electron chi connectivity index (χ1n) is 7.14. The Labute approximate surface area is 126 Å². The average molecular weight is 283 g/mol. The van der Waals surface area contributed by atoms with Crippen LogP contribution in [-0.4, -0.2) is 12.5 Å². The van der Waals surface area contributed by atoms with Crippen LogP contribution in [0.1, 0.15) is 30.9 Å². The van der Waals surface area contributed by atoms with Crippen molar-refractivity contribution in [3.63, 3.8) is 0 Å². The minimum atomic E-state index is -0.160. The van der Waals surface area contributed by atoms with Gasteiger partial charge in [-0.2, -0.15) is 0 Å². The highest BCUT2D eigenvalue weighted by Gasteiger charge is 2.04. The highest BCUT2D eigenvalue weighted by Crippen LogP contribution is 2.18. The van der Waals surface area contributed by atoms with Gasteiger partial charge in [0.05, 0.1) is 0 Å². The molecule has 0 unspecified atom stereocenters. The van der Waals surface area contributed by atoms with Gasteiger partial charge in [-0.1, -0.05) is 43.7 Å². The number of aryl methyl sites for hydroxylation is 1. The molecule has 0 aliphatic carbocycles. The SMILES string of the molecule is Cc1ccc(NC(=O)COc2ccc(C(C)C)cc2)cc1. The molecule has 0 aliphatic heterocycles. The zero-order chi connectivity index (χ0) is 15.2. The molecule has 0 spiro atoms. The largest absolute Gasteiger partial charge is 0.484 e. The molecule has 0 saturated carbocycles. The Balaban J connectivity index is 1.84. The first-order chi connectivity index (χ1) is 10.0. The number of hydrogen-bond donors (Lipinski definition) is 1. The van der Waals surface area contributed by atoms with Crippen molar-refractivity contribution in [2.45, 2.75) is 26.7 Å². The standard InChI is InChI=1S/C18H21NO2/c1-13(2)15-6-10-17(11-7-15)21-12-18(20)19-16-8-4-14(3)5-9-16/h4-11,13H,12H2,1-3H3,(H,19,20). The van der Waals surface area contributed by atoms with Gasteiger partial charge in [0, 0.05) is 5.69 Å². The van der Waals surface area contributed by atoms with E-state index in [9.17, 15) is 4.79 Å². The molecular formula is C18H21NO2. The van der Waals surface area contributed by atoms with Crippen LogP contribution >= 0.6 is 0 Å². The maximum atomic E-state index is 11.8. The maximum Gasteiger partial charge on any atom is 0.262 e. The molecule has 2 aromatic rings. The molecule has 110 valence electrons. The molecule has 0 aromatic heterocycles. The predicted octanol–water partition coefficient (Wildman–Crippen LogP) is 4.14. The van der Waals surface area contributed by atoms with E-state index in [4.69, 9.17) is 4.74 Å². The first kappa shape index (κ1) is 15.1. The summed E-state index contributed by atoms with van der Waals surface area (Å²) in [5, 5.41) is 2.81. The lowest BCUT2D eigenvalue weighted by atomic mass is 10.0. The van der Waals surface area contributed by atoms with Gasteiger partial charge in [0.1, 0.15) is 5.75 Å². The van der Waals surface area contributed by atoms with Crippen LogP contribution in [0.4, 0.5) is 5.69 Å². The minimum absolute atomic E-state index is 0.00883. The van der Waals surface area contributed by atoms with E-state index in [0.717, 1.165) is 11.3 Å². The summed E-state index contributed by atoms with van der Waals surface area (Å²) in [6.07, 6.45) is 0. The summed E-state index contributed by atoms with van der Waals surface area (Å²) in [4.78, 5) is 11.8. The molecule has 0 radical (unpaired) electrons. The summed E-state index contributed by atoms with van der Waals surface area (Å²) < 4.78 is 5.49. The smallest absolute Gasteiger partial charge is 0.262 e. The van der Waals surface area contributed by atoms with Gasteiger partial charge in [-0.05, 0) is 42.7 Å². The van der Waals surface area contributed by atoms with E-state index in [1.807, 2.05) is 55.5 Å². The van der Waals surface area contributed by atoms with Gasteiger partial charge in [0.15, 0.2) is 6.61 Å². The molecule has 0 bridgehead atoms. The van der Waals surface area contributed by atoms with Crippen molar-refractivity contribution in [2.24, 2.45) is 0 Å². The molecule has 0 fully saturated rings. The van der Waals surface area contributed by atoms with Crippen molar-refractivity contribution in [3.05, 3.63) is 59.7 Å². The van der Waals surface area contributed by atoms with Crippen molar-refractivity contribution >= 4 is 11.6 Å². The summed E-state index contributed by atoms with van der Waals surface area (Å²) >= 11 is 0. The number of carbonyl (C=O) groups is 1. The van der Waals surface area contributed by atoms with E-state index in [1.165, 1.54) is 5.56 Å². The third-order valence-corrected chi connectivity index (χ3v) is 3.25. The van der Waals surface area contributed by atoms with E-state index in [-0.39, 0.29) is 12.5 Å². The van der Waals surface area contributed by atoms with Crippen LogP contribution in [0.3, 0.4) is 0 Å². The molecule has 1 amide bonds. The number of anilines is 1. The Kier molecular flexibility index (Phi) is 4.99. The Morgan fingerprint density at radius 2 is 1.67 bits per heavy atom. The monoisotopic (exact) mass is 283 g/mol. The fraction of sp³-hybridized carbons (Fsp3) is 0.278. The molecule has 0 saturated heterocycles. The van der Waals surface area contributed by atoms with Gasteiger partial charge < -0.3 is 10.1 Å². The number of amides is 1. The van der Waals surface area contributed by atoms with Crippen LogP contribution in [0.2, 0.25) is 0 Å². The Morgan fingerprint density at radius 3 is 2.24 bits per heavy atom. The highest BCUT2D eigenvalue weighted by atomic mass is 16.5. The second-order valence-electron chi connectivity index (χ2n) is 5.43. The quantitative estimate of drug-likeness (QED) is 0.895. The van der Waals surface area contributed by atoms with Crippen molar-refractivity contribution in [3.8, 4) is 5.75 Å². The van der Waals surface area contributed by atoms with Gasteiger partial charge >= 0.3 is 0 Å². The lowest BCUT2D eigenvalue weighted by Gasteiger charge is -2.09. The number of nitrogens with one attached hydrogen (secondary N) is 1. The second kappa shape index (κ2) is 6.93. The van der Waals surface area contributed by atoms with Gasteiger partial charge in [-0.25, -0.2) is 0 Å². The summed E-state index contributed by atoms with van der Waals surface area (Å²) in [5.74, 6) is 1.04. The van der Waals surface area contributed by atoms with Crippen molar-refractivity contribution in [1.82, 2.24) is 0 Å². The van der Waals surface area contributed by atoms with Gasteiger partial charge in [-0.15, -0.1) is 0 Å². The Hall–Kier alpha value is -2.29. The third-order valence-electron chi connectivity index (χ3n) is 3.25. The van der Waals surface area contributed by atoms with Crippen LogP contribution < -0.4 is 10.1 Å². The Morgan fingerprint density at radius 1 is 1.05 bits per heavy atom. The molecule has 21 heavy (non-hydrogen) atoms. The highest BCUT2D eigenvalue weighted by molar-refractivity contribution is 5.91. The summed E-state index contributed by atoms with van der Waals surface area (Å²) in [6, 6.07) is 15.5. The van der Waals surface area contributed by atoms with E-state index in [2.05, 4.69) is 19.2 Å². The zero-order valence-corrected chi connectivity index (χ0v) is 12.7. The summed E-state index contributed by atoms with van der Waals surface area (Å²) in [5.41, 5.74) is 3.20. The molecular weight excluding hydrogens is 262 g/mol. The lowest BCUT2D eigenvalue weighted by molar-refractivity contribution is -0.118. The van der Waals surface area contributed by atoms with E-state index < -0.39 is 0 Å². The van der Waals surface area contributed by atoms with Crippen molar-refractivity contribution in [1.29, 1.82) is 0 Å². The summed E-state index contributed by atoms with van der Waals surface area (Å²) in [7, 11) is 0. The number of ether oxygens (including phenoxy) is 1. The van der Waals surface area contributed by atoms with Crippen LogP contribution in [0.15, 0.2) is 48.5 Å². The van der Waals surface area contributed by atoms with E-state index >= 15 is 0 Å². The number of benzene rings is 2. The molecule has 0 aliphatic rings. The predicted molar refractivity (Wildman–Crippen MR) is 85.8 cm³/mol. The van der Waals surface area contributed by atoms with Crippen LogP contribution in [0.25, 0.3) is 0 Å². The van der Waals surface area contributed by atoms with E-state index in [1.54, 1.807) is 0 Å². The molecule has 3 heteroatoms. The molecule has 3 nitrogen and oxygen atoms in total. The molecule has 1 N–H and O–H groups in total. The lowest BCUT2D eigenvalue weighted by Crippen LogP contribution is -2.20. The minimum Gasteiger partial charge on any atom is -0.484 e. The third kappa shape index (κ3) is 4.63. The Bertz CT molecular complexity index is 586. The summed E-state index contributed by atoms with van der Waals surface area (Å²) in [6.45, 7) is 6.31. The second-order valence-corrected chi connectivity index (χ2v) is 5.43. The van der Waals surface area contributed by atoms with Gasteiger partial charge in [0.25, 0.3) is 5.91 Å². The fourth-order valence-corrected chi connectivity index (χ4v) is 1.93. The number of carbonyl (C=O) groups excluding carboxylic acids is 1. The normalized spacial score (nSPS) is 10.5. The van der Waals surface area contributed by atoms with Crippen molar-refractivity contribution < 1.29 is 9.53 Å². The number of hydrogen-bond acceptors (Lipinski definition) is 2. The van der Waals surface area contributed by atoms with Gasteiger partial charge in [0.2, 0.25) is 0 Å². The molecule has 2 aromatic carbocycles. The van der Waals surface area contributed by atoms with Crippen LogP contribution in [0.5, 0.6) is 5.75 Å². The first-order valence-corrected chi connectivity index (χ1v) is 7.14. The van der Waals surface area contributed by atoms with Crippen molar-refractivity contribution in [2.75, 3.05) is 11.9 Å². The van der Waals surface area contributed by atoms with Crippen LogP contribution in [0, 0.1) is 6.92 Å². The zero-order valence-electron chi connectivity index (χ0n) is 12.7. The van der Waals surface area contributed by atoms with E-state index in [0.29, 0.717) is 11.7 Å².